The van der Waals surface area contributed by atoms with E-state index < -0.39 is 0 Å². The van der Waals surface area contributed by atoms with Gasteiger partial charge in [0.05, 0.1) is 12.8 Å². The van der Waals surface area contributed by atoms with E-state index in [-0.39, 0.29) is 0 Å². The summed E-state index contributed by atoms with van der Waals surface area (Å²) in [6, 6.07) is 6.26. The molecule has 0 fully saturated rings. The molecule has 1 aliphatic rings. The molecule has 0 spiro atoms. The highest BCUT2D eigenvalue weighted by molar-refractivity contribution is 5.83. The average Bonchev–Trinajstić information content (AvgIpc) is 3.32. The number of fused-ring (bicyclic) bond motifs is 2. The van der Waals surface area contributed by atoms with Crippen LogP contribution in [0.2, 0.25) is 0 Å². The van der Waals surface area contributed by atoms with Crippen LogP contribution < -0.4 is 9.64 Å². The van der Waals surface area contributed by atoms with Gasteiger partial charge in [0.2, 0.25) is 0 Å². The Balaban J connectivity index is 1.93. The average molecular weight is 436 g/mol. The van der Waals surface area contributed by atoms with E-state index in [1.165, 1.54) is 34.6 Å². The second kappa shape index (κ2) is 9.10. The summed E-state index contributed by atoms with van der Waals surface area (Å²) in [5.74, 6) is 2.69. The highest BCUT2D eigenvalue weighted by Crippen LogP contribution is 2.37. The van der Waals surface area contributed by atoms with E-state index >= 15 is 0 Å². The molecule has 0 saturated heterocycles. The number of rotatable bonds is 8. The van der Waals surface area contributed by atoms with Gasteiger partial charge in [-0.15, -0.1) is 0 Å². The zero-order valence-corrected chi connectivity index (χ0v) is 20.7. The van der Waals surface area contributed by atoms with Crippen molar-refractivity contribution in [3.8, 4) is 16.9 Å². The highest BCUT2D eigenvalue weighted by Gasteiger charge is 2.27. The molecule has 6 nitrogen and oxygen atoms in total. The lowest BCUT2D eigenvalue weighted by Crippen LogP contribution is -2.36. The first-order valence-electron chi connectivity index (χ1n) is 11.8. The summed E-state index contributed by atoms with van der Waals surface area (Å²) in [5, 5.41) is 5.07. The van der Waals surface area contributed by atoms with Crippen LogP contribution in [0.5, 0.6) is 5.75 Å². The molecule has 0 radical (unpaired) electrons. The van der Waals surface area contributed by atoms with Gasteiger partial charge >= 0.3 is 0 Å². The third-order valence-corrected chi connectivity index (χ3v) is 6.34. The molecule has 0 unspecified atom stereocenters. The topological polar surface area (TPSA) is 45.9 Å². The maximum Gasteiger partial charge on any atom is 0.165 e. The maximum atomic E-state index is 5.43. The third-order valence-electron chi connectivity index (χ3n) is 6.34. The minimum Gasteiger partial charge on any atom is -0.497 e. The van der Waals surface area contributed by atoms with Crippen LogP contribution in [-0.4, -0.2) is 60.3 Å². The summed E-state index contributed by atoms with van der Waals surface area (Å²) < 4.78 is 7.57. The first-order valence-corrected chi connectivity index (χ1v) is 11.8. The summed E-state index contributed by atoms with van der Waals surface area (Å²) in [5.41, 5.74) is 8.13. The number of benzene rings is 1. The summed E-state index contributed by atoms with van der Waals surface area (Å²) in [6.07, 6.45) is 3.30. The molecule has 6 heteroatoms. The fourth-order valence-corrected chi connectivity index (χ4v) is 4.84. The van der Waals surface area contributed by atoms with Crippen LogP contribution in [-0.2, 0) is 12.8 Å². The molecule has 1 aromatic carbocycles. The van der Waals surface area contributed by atoms with Crippen molar-refractivity contribution in [1.82, 2.24) is 19.5 Å². The molecule has 0 amide bonds. The Morgan fingerprint density at radius 2 is 1.91 bits per heavy atom. The predicted octanol–water partition coefficient (Wildman–Crippen LogP) is 4.53. The fourth-order valence-electron chi connectivity index (χ4n) is 4.84. The van der Waals surface area contributed by atoms with Gasteiger partial charge in [0.15, 0.2) is 5.65 Å². The molecule has 0 atom stereocenters. The molecule has 3 aromatic rings. The van der Waals surface area contributed by atoms with E-state index in [9.17, 15) is 0 Å². The first-order chi connectivity index (χ1) is 15.3. The number of aryl methyl sites for hydroxylation is 3. The summed E-state index contributed by atoms with van der Waals surface area (Å²) in [6.45, 7) is 11.8. The van der Waals surface area contributed by atoms with Crippen LogP contribution in [0, 0.1) is 19.8 Å². The lowest BCUT2D eigenvalue weighted by molar-refractivity contribution is 0.407. The van der Waals surface area contributed by atoms with Crippen molar-refractivity contribution in [2.24, 2.45) is 5.92 Å². The largest absolute Gasteiger partial charge is 0.497 e. The van der Waals surface area contributed by atoms with Gasteiger partial charge < -0.3 is 14.5 Å². The van der Waals surface area contributed by atoms with Crippen molar-refractivity contribution in [2.75, 3.05) is 45.7 Å². The molecular weight excluding hydrogens is 398 g/mol. The first kappa shape index (κ1) is 22.6. The lowest BCUT2D eigenvalue weighted by Gasteiger charge is -2.30. The predicted molar refractivity (Wildman–Crippen MR) is 132 cm³/mol. The second-order valence-electron chi connectivity index (χ2n) is 9.73. The number of hydrogen-bond donors (Lipinski definition) is 0. The smallest absolute Gasteiger partial charge is 0.165 e. The van der Waals surface area contributed by atoms with E-state index in [4.69, 9.17) is 14.8 Å². The quantitative estimate of drug-likeness (QED) is 0.520. The number of ether oxygens (including phenoxy) is 1. The van der Waals surface area contributed by atoms with Gasteiger partial charge in [-0.1, -0.05) is 19.9 Å². The van der Waals surface area contributed by atoms with Gasteiger partial charge in [-0.25, -0.2) is 4.98 Å². The van der Waals surface area contributed by atoms with Crippen molar-refractivity contribution in [1.29, 1.82) is 0 Å². The van der Waals surface area contributed by atoms with Gasteiger partial charge in [-0.05, 0) is 76.4 Å². The molecule has 172 valence electrons. The summed E-state index contributed by atoms with van der Waals surface area (Å²) >= 11 is 0. The van der Waals surface area contributed by atoms with E-state index in [2.05, 4.69) is 68.2 Å². The van der Waals surface area contributed by atoms with Gasteiger partial charge in [-0.2, -0.15) is 9.61 Å². The molecular formula is C26H37N5O. The van der Waals surface area contributed by atoms with Crippen LogP contribution >= 0.6 is 0 Å². The summed E-state index contributed by atoms with van der Waals surface area (Å²) in [4.78, 5) is 9.98. The molecule has 4 rings (SSSR count). The van der Waals surface area contributed by atoms with Gasteiger partial charge in [0.1, 0.15) is 11.6 Å². The van der Waals surface area contributed by atoms with Crippen molar-refractivity contribution < 1.29 is 4.74 Å². The normalized spacial score (nSPS) is 13.4. The minimum atomic E-state index is 0.567. The van der Waals surface area contributed by atoms with Gasteiger partial charge in [0, 0.05) is 36.5 Å². The Kier molecular flexibility index (Phi) is 6.42. The van der Waals surface area contributed by atoms with Crippen LogP contribution in [0.25, 0.3) is 16.8 Å². The standard InChI is InChI=1S/C26H37N5O/c1-17(2)16-30(14-13-29(5)6)26-22-9-8-10-23(22)27-25-24(19(4)28-31(25)26)21-12-11-20(32-7)15-18(21)3/h11-12,15,17H,8-10,13-14,16H2,1-7H3. The zero-order chi connectivity index (χ0) is 23.0. The SMILES string of the molecule is COc1ccc(-c2c(C)nn3c(N(CCN(C)C)CC(C)C)c4c(nc23)CCC4)c(C)c1. The number of likely N-dealkylation sites (N-methyl/N-ethyl adjacent to an activating group) is 1. The lowest BCUT2D eigenvalue weighted by atomic mass is 10.0. The molecule has 32 heavy (non-hydrogen) atoms. The van der Waals surface area contributed by atoms with Crippen molar-refractivity contribution in [3.63, 3.8) is 0 Å². The van der Waals surface area contributed by atoms with Crippen LogP contribution in [0.4, 0.5) is 5.82 Å². The van der Waals surface area contributed by atoms with Crippen molar-refractivity contribution >= 4 is 11.5 Å². The Morgan fingerprint density at radius 1 is 1.12 bits per heavy atom. The number of hydrogen-bond acceptors (Lipinski definition) is 5. The van der Waals surface area contributed by atoms with Gasteiger partial charge in [0.25, 0.3) is 0 Å². The maximum absolute atomic E-state index is 5.43. The van der Waals surface area contributed by atoms with Crippen LogP contribution in [0.15, 0.2) is 18.2 Å². The molecule has 0 saturated carbocycles. The van der Waals surface area contributed by atoms with E-state index in [0.717, 1.165) is 55.1 Å². The Morgan fingerprint density at radius 3 is 2.56 bits per heavy atom. The van der Waals surface area contributed by atoms with Crippen molar-refractivity contribution in [3.05, 3.63) is 40.7 Å². The minimum absolute atomic E-state index is 0.567. The number of nitrogens with zero attached hydrogens (tertiary/aromatic N) is 5. The van der Waals surface area contributed by atoms with Gasteiger partial charge in [-0.3, -0.25) is 0 Å². The Hall–Kier alpha value is -2.60. The molecule has 0 N–H and O–H groups in total. The zero-order valence-electron chi connectivity index (χ0n) is 20.7. The van der Waals surface area contributed by atoms with Crippen LogP contribution in [0.1, 0.15) is 42.8 Å². The molecule has 0 aliphatic heterocycles. The monoisotopic (exact) mass is 435 g/mol. The van der Waals surface area contributed by atoms with Crippen molar-refractivity contribution in [2.45, 2.75) is 47.0 Å². The van der Waals surface area contributed by atoms with Crippen LogP contribution in [0.3, 0.4) is 0 Å². The van der Waals surface area contributed by atoms with E-state index in [1.54, 1.807) is 7.11 Å². The Bertz CT molecular complexity index is 1120. The fraction of sp³-hybridized carbons (Fsp3) is 0.538. The Labute approximate surface area is 192 Å². The molecule has 2 heterocycles. The highest BCUT2D eigenvalue weighted by atomic mass is 16.5. The number of aromatic nitrogens is 3. The number of methoxy groups -OCH3 is 1. The molecule has 0 bridgehead atoms. The second-order valence-corrected chi connectivity index (χ2v) is 9.73. The summed E-state index contributed by atoms with van der Waals surface area (Å²) in [7, 11) is 5.99. The third kappa shape index (κ3) is 4.20. The molecule has 1 aliphatic carbocycles. The number of anilines is 1. The molecule has 2 aromatic heterocycles. The van der Waals surface area contributed by atoms with E-state index in [1.807, 2.05) is 6.07 Å². The van der Waals surface area contributed by atoms with E-state index in [0.29, 0.717) is 5.92 Å².